The molecule has 1 aliphatic heterocycles. The van der Waals surface area contributed by atoms with Gasteiger partial charge in [0.1, 0.15) is 0 Å². The number of hydrogen-bond acceptors (Lipinski definition) is 3. The molecule has 0 bridgehead atoms. The van der Waals surface area contributed by atoms with Gasteiger partial charge in [0, 0.05) is 39.3 Å². The SMILES string of the molecule is CN=C(NCc1ccccc1CN1CC(C)OC(C)C1)NC1CCCCC1. The molecule has 1 heterocycles. The smallest absolute Gasteiger partial charge is 0.191 e. The van der Waals surface area contributed by atoms with Crippen molar-refractivity contribution in [2.24, 2.45) is 4.99 Å². The number of guanidine groups is 1. The van der Waals surface area contributed by atoms with E-state index in [1.54, 1.807) is 0 Å². The first kappa shape index (κ1) is 20.2. The van der Waals surface area contributed by atoms with Gasteiger partial charge in [0.2, 0.25) is 0 Å². The van der Waals surface area contributed by atoms with Crippen molar-refractivity contribution in [2.45, 2.75) is 77.3 Å². The van der Waals surface area contributed by atoms with Gasteiger partial charge >= 0.3 is 0 Å². The summed E-state index contributed by atoms with van der Waals surface area (Å²) >= 11 is 0. The van der Waals surface area contributed by atoms with Crippen LogP contribution in [0.3, 0.4) is 0 Å². The van der Waals surface area contributed by atoms with Gasteiger partial charge in [-0.15, -0.1) is 0 Å². The van der Waals surface area contributed by atoms with Crippen molar-refractivity contribution in [1.82, 2.24) is 15.5 Å². The second kappa shape index (κ2) is 10.1. The molecule has 1 saturated heterocycles. The first-order valence-corrected chi connectivity index (χ1v) is 10.6. The highest BCUT2D eigenvalue weighted by Gasteiger charge is 2.22. The molecule has 0 radical (unpaired) electrons. The molecule has 1 aromatic carbocycles. The van der Waals surface area contributed by atoms with Crippen LogP contribution in [0.15, 0.2) is 29.3 Å². The second-order valence-corrected chi connectivity index (χ2v) is 8.13. The first-order valence-electron chi connectivity index (χ1n) is 10.6. The quantitative estimate of drug-likeness (QED) is 0.615. The number of benzene rings is 1. The molecule has 2 atom stereocenters. The summed E-state index contributed by atoms with van der Waals surface area (Å²) in [6.07, 6.45) is 7.14. The summed E-state index contributed by atoms with van der Waals surface area (Å²) in [5.74, 6) is 0.922. The van der Waals surface area contributed by atoms with E-state index in [-0.39, 0.29) is 0 Å². The fourth-order valence-corrected chi connectivity index (χ4v) is 4.35. The van der Waals surface area contributed by atoms with E-state index in [9.17, 15) is 0 Å². The van der Waals surface area contributed by atoms with Crippen LogP contribution in [0.1, 0.15) is 57.1 Å². The number of morpholine rings is 1. The lowest BCUT2D eigenvalue weighted by Crippen LogP contribution is -2.45. The van der Waals surface area contributed by atoms with Gasteiger partial charge < -0.3 is 15.4 Å². The van der Waals surface area contributed by atoms with Crippen molar-refractivity contribution in [2.75, 3.05) is 20.1 Å². The molecule has 0 spiro atoms. The maximum atomic E-state index is 5.87. The van der Waals surface area contributed by atoms with Crippen LogP contribution in [0.25, 0.3) is 0 Å². The second-order valence-electron chi connectivity index (χ2n) is 8.13. The largest absolute Gasteiger partial charge is 0.373 e. The van der Waals surface area contributed by atoms with Gasteiger partial charge in [-0.25, -0.2) is 0 Å². The van der Waals surface area contributed by atoms with Crippen LogP contribution in [0.5, 0.6) is 0 Å². The van der Waals surface area contributed by atoms with Crippen LogP contribution < -0.4 is 10.6 Å². The van der Waals surface area contributed by atoms with Crippen LogP contribution in [0, 0.1) is 0 Å². The van der Waals surface area contributed by atoms with E-state index in [2.05, 4.69) is 58.6 Å². The fourth-order valence-electron chi connectivity index (χ4n) is 4.35. The van der Waals surface area contributed by atoms with Crippen LogP contribution >= 0.6 is 0 Å². The highest BCUT2D eigenvalue weighted by atomic mass is 16.5. The Morgan fingerprint density at radius 3 is 2.41 bits per heavy atom. The lowest BCUT2D eigenvalue weighted by Gasteiger charge is -2.35. The van der Waals surface area contributed by atoms with Gasteiger partial charge in [-0.05, 0) is 37.8 Å². The minimum absolute atomic E-state index is 0.303. The van der Waals surface area contributed by atoms with Crippen molar-refractivity contribution in [3.8, 4) is 0 Å². The summed E-state index contributed by atoms with van der Waals surface area (Å²) in [5.41, 5.74) is 2.73. The summed E-state index contributed by atoms with van der Waals surface area (Å²) in [4.78, 5) is 6.94. The van der Waals surface area contributed by atoms with E-state index in [1.807, 2.05) is 7.05 Å². The van der Waals surface area contributed by atoms with Gasteiger partial charge in [0.15, 0.2) is 5.96 Å². The van der Waals surface area contributed by atoms with E-state index in [0.717, 1.165) is 32.1 Å². The van der Waals surface area contributed by atoms with Crippen molar-refractivity contribution < 1.29 is 4.74 Å². The number of hydrogen-bond donors (Lipinski definition) is 2. The highest BCUT2D eigenvalue weighted by Crippen LogP contribution is 2.18. The molecule has 0 aromatic heterocycles. The van der Waals surface area contributed by atoms with Crippen molar-refractivity contribution in [3.05, 3.63) is 35.4 Å². The number of aliphatic imine (C=N–C) groups is 1. The number of nitrogens with zero attached hydrogens (tertiary/aromatic N) is 2. The number of rotatable bonds is 5. The van der Waals surface area contributed by atoms with Gasteiger partial charge in [-0.2, -0.15) is 0 Å². The summed E-state index contributed by atoms with van der Waals surface area (Å²) in [5, 5.41) is 7.12. The monoisotopic (exact) mass is 372 g/mol. The molecule has 2 aliphatic rings. The van der Waals surface area contributed by atoms with Crippen molar-refractivity contribution in [3.63, 3.8) is 0 Å². The third-order valence-electron chi connectivity index (χ3n) is 5.62. The number of nitrogens with one attached hydrogen (secondary N) is 2. The lowest BCUT2D eigenvalue weighted by atomic mass is 9.96. The van der Waals surface area contributed by atoms with Crippen molar-refractivity contribution >= 4 is 5.96 Å². The molecular weight excluding hydrogens is 336 g/mol. The zero-order chi connectivity index (χ0) is 19.1. The van der Waals surface area contributed by atoms with Crippen LogP contribution in [0.4, 0.5) is 0 Å². The van der Waals surface area contributed by atoms with Crippen LogP contribution in [0.2, 0.25) is 0 Å². The third-order valence-corrected chi connectivity index (χ3v) is 5.62. The summed E-state index contributed by atoms with van der Waals surface area (Å²) in [6.45, 7) is 8.10. The highest BCUT2D eigenvalue weighted by molar-refractivity contribution is 5.80. The van der Waals surface area contributed by atoms with Gasteiger partial charge in [0.25, 0.3) is 0 Å². The van der Waals surface area contributed by atoms with Gasteiger partial charge in [-0.3, -0.25) is 9.89 Å². The molecule has 1 aromatic rings. The molecule has 0 amide bonds. The van der Waals surface area contributed by atoms with E-state index in [0.29, 0.717) is 18.2 Å². The zero-order valence-corrected chi connectivity index (χ0v) is 17.2. The molecule has 5 nitrogen and oxygen atoms in total. The molecule has 27 heavy (non-hydrogen) atoms. The van der Waals surface area contributed by atoms with E-state index in [4.69, 9.17) is 4.74 Å². The van der Waals surface area contributed by atoms with Crippen molar-refractivity contribution in [1.29, 1.82) is 0 Å². The summed E-state index contributed by atoms with van der Waals surface area (Å²) in [7, 11) is 1.86. The standard InChI is InChI=1S/C22H36N4O/c1-17-14-26(15-18(2)27-17)16-20-10-8-7-9-19(20)13-24-22(23-3)25-21-11-5-4-6-12-21/h7-10,17-18,21H,4-6,11-16H2,1-3H3,(H2,23,24,25). The average molecular weight is 373 g/mol. The van der Waals surface area contributed by atoms with E-state index >= 15 is 0 Å². The Kier molecular flexibility index (Phi) is 7.53. The average Bonchev–Trinajstić information content (AvgIpc) is 2.66. The molecule has 2 unspecified atom stereocenters. The fraction of sp³-hybridized carbons (Fsp3) is 0.682. The maximum absolute atomic E-state index is 5.87. The zero-order valence-electron chi connectivity index (χ0n) is 17.2. The molecule has 2 N–H and O–H groups in total. The minimum atomic E-state index is 0.303. The van der Waals surface area contributed by atoms with Gasteiger partial charge in [-0.1, -0.05) is 43.5 Å². The summed E-state index contributed by atoms with van der Waals surface area (Å²) < 4.78 is 5.87. The first-order chi connectivity index (χ1) is 13.1. The third kappa shape index (κ3) is 6.22. The molecule has 1 aliphatic carbocycles. The molecule has 5 heteroatoms. The summed E-state index contributed by atoms with van der Waals surface area (Å²) in [6, 6.07) is 9.31. The Balaban J connectivity index is 1.56. The number of ether oxygens (including phenoxy) is 1. The topological polar surface area (TPSA) is 48.9 Å². The Bertz CT molecular complexity index is 602. The molecular formula is C22H36N4O. The predicted molar refractivity (Wildman–Crippen MR) is 112 cm³/mol. The molecule has 2 fully saturated rings. The van der Waals surface area contributed by atoms with E-state index in [1.165, 1.54) is 43.2 Å². The predicted octanol–water partition coefficient (Wildman–Crippen LogP) is 3.29. The van der Waals surface area contributed by atoms with E-state index < -0.39 is 0 Å². The Morgan fingerprint density at radius 2 is 1.74 bits per heavy atom. The molecule has 1 saturated carbocycles. The normalized spacial score (nSPS) is 25.4. The van der Waals surface area contributed by atoms with Gasteiger partial charge in [0.05, 0.1) is 12.2 Å². The molecule has 150 valence electrons. The maximum Gasteiger partial charge on any atom is 0.191 e. The van der Waals surface area contributed by atoms with Crippen LogP contribution in [-0.4, -0.2) is 49.2 Å². The lowest BCUT2D eigenvalue weighted by molar-refractivity contribution is -0.0705. The Hall–Kier alpha value is -1.59. The molecule has 3 rings (SSSR count). The Morgan fingerprint density at radius 1 is 1.07 bits per heavy atom. The minimum Gasteiger partial charge on any atom is -0.373 e. The Labute approximate surface area is 164 Å². The van der Waals surface area contributed by atoms with Crippen LogP contribution in [-0.2, 0) is 17.8 Å².